The lowest BCUT2D eigenvalue weighted by atomic mass is 10.1. The van der Waals surface area contributed by atoms with Crippen molar-refractivity contribution in [3.8, 4) is 18.1 Å². The van der Waals surface area contributed by atoms with Crippen LogP contribution in [0.5, 0.6) is 5.75 Å². The summed E-state index contributed by atoms with van der Waals surface area (Å²) in [5.74, 6) is 2.99. The normalized spacial score (nSPS) is 9.87. The standard InChI is InChI=1S/C13H17NO/c1-3-4-5-9-14-10-12-8-6-7-11(2)13(12)15/h1,6-8,14-15H,4-5,9-10H2,2H3. The monoisotopic (exact) mass is 203 g/mol. The quantitative estimate of drug-likeness (QED) is 0.568. The van der Waals surface area contributed by atoms with Crippen molar-refractivity contribution in [1.29, 1.82) is 0 Å². The molecule has 1 aromatic rings. The lowest BCUT2D eigenvalue weighted by Gasteiger charge is -2.07. The lowest BCUT2D eigenvalue weighted by molar-refractivity contribution is 0.460. The molecule has 2 heteroatoms. The highest BCUT2D eigenvalue weighted by Gasteiger charge is 2.01. The molecule has 1 rings (SSSR count). The van der Waals surface area contributed by atoms with Gasteiger partial charge in [-0.15, -0.1) is 12.3 Å². The number of phenols is 1. The molecule has 0 saturated carbocycles. The van der Waals surface area contributed by atoms with Crippen molar-refractivity contribution in [3.63, 3.8) is 0 Å². The van der Waals surface area contributed by atoms with Crippen molar-refractivity contribution in [3.05, 3.63) is 29.3 Å². The maximum atomic E-state index is 9.73. The van der Waals surface area contributed by atoms with Gasteiger partial charge in [0.2, 0.25) is 0 Å². The summed E-state index contributed by atoms with van der Waals surface area (Å²) in [7, 11) is 0. The summed E-state index contributed by atoms with van der Waals surface area (Å²) in [6.45, 7) is 3.48. The molecule has 0 heterocycles. The van der Waals surface area contributed by atoms with E-state index in [1.54, 1.807) is 0 Å². The van der Waals surface area contributed by atoms with Gasteiger partial charge in [-0.1, -0.05) is 18.2 Å². The number of unbranched alkanes of at least 4 members (excludes halogenated alkanes) is 1. The zero-order valence-corrected chi connectivity index (χ0v) is 9.09. The second kappa shape index (κ2) is 6.10. The highest BCUT2D eigenvalue weighted by Crippen LogP contribution is 2.20. The average Bonchev–Trinajstić information content (AvgIpc) is 2.24. The van der Waals surface area contributed by atoms with Crippen molar-refractivity contribution in [2.24, 2.45) is 0 Å². The molecule has 0 aliphatic heterocycles. The molecular formula is C13H17NO. The maximum absolute atomic E-state index is 9.73. The van der Waals surface area contributed by atoms with E-state index in [1.165, 1.54) is 0 Å². The maximum Gasteiger partial charge on any atom is 0.122 e. The summed E-state index contributed by atoms with van der Waals surface area (Å²) in [5, 5.41) is 13.0. The van der Waals surface area contributed by atoms with E-state index in [4.69, 9.17) is 6.42 Å². The predicted molar refractivity (Wildman–Crippen MR) is 62.6 cm³/mol. The van der Waals surface area contributed by atoms with Gasteiger partial charge in [-0.3, -0.25) is 0 Å². The lowest BCUT2D eigenvalue weighted by Crippen LogP contribution is -2.14. The highest BCUT2D eigenvalue weighted by atomic mass is 16.3. The molecule has 15 heavy (non-hydrogen) atoms. The number of benzene rings is 1. The van der Waals surface area contributed by atoms with Crippen LogP contribution in [-0.4, -0.2) is 11.7 Å². The summed E-state index contributed by atoms with van der Waals surface area (Å²) in [6, 6.07) is 5.78. The van der Waals surface area contributed by atoms with Gasteiger partial charge < -0.3 is 10.4 Å². The van der Waals surface area contributed by atoms with Gasteiger partial charge in [0.15, 0.2) is 0 Å². The van der Waals surface area contributed by atoms with Crippen LogP contribution in [0.1, 0.15) is 24.0 Å². The second-order valence-electron chi connectivity index (χ2n) is 3.57. The fourth-order valence-electron chi connectivity index (χ4n) is 1.40. The Bertz CT molecular complexity index is 352. The van der Waals surface area contributed by atoms with Gasteiger partial charge in [0.25, 0.3) is 0 Å². The zero-order valence-electron chi connectivity index (χ0n) is 9.09. The van der Waals surface area contributed by atoms with Crippen LogP contribution < -0.4 is 5.32 Å². The topological polar surface area (TPSA) is 32.3 Å². The Hall–Kier alpha value is -1.46. The smallest absolute Gasteiger partial charge is 0.122 e. The van der Waals surface area contributed by atoms with E-state index < -0.39 is 0 Å². The second-order valence-corrected chi connectivity index (χ2v) is 3.57. The van der Waals surface area contributed by atoms with E-state index in [2.05, 4.69) is 11.2 Å². The Balaban J connectivity index is 2.38. The van der Waals surface area contributed by atoms with Crippen LogP contribution in [0.4, 0.5) is 0 Å². The summed E-state index contributed by atoms with van der Waals surface area (Å²) >= 11 is 0. The van der Waals surface area contributed by atoms with Crippen molar-refractivity contribution >= 4 is 0 Å². The molecule has 0 amide bonds. The van der Waals surface area contributed by atoms with E-state index in [0.29, 0.717) is 12.3 Å². The van der Waals surface area contributed by atoms with Crippen LogP contribution in [0.2, 0.25) is 0 Å². The summed E-state index contributed by atoms with van der Waals surface area (Å²) in [4.78, 5) is 0. The first kappa shape index (κ1) is 11.6. The van der Waals surface area contributed by atoms with Crippen LogP contribution in [0.15, 0.2) is 18.2 Å². The van der Waals surface area contributed by atoms with Gasteiger partial charge >= 0.3 is 0 Å². The third-order valence-electron chi connectivity index (χ3n) is 2.31. The first-order chi connectivity index (χ1) is 7.25. The Morgan fingerprint density at radius 1 is 1.47 bits per heavy atom. The fraction of sp³-hybridized carbons (Fsp3) is 0.385. The number of hydrogen-bond donors (Lipinski definition) is 2. The van der Waals surface area contributed by atoms with Crippen molar-refractivity contribution in [2.75, 3.05) is 6.54 Å². The van der Waals surface area contributed by atoms with Gasteiger partial charge in [-0.2, -0.15) is 0 Å². The van der Waals surface area contributed by atoms with Crippen molar-refractivity contribution < 1.29 is 5.11 Å². The molecule has 0 unspecified atom stereocenters. The first-order valence-corrected chi connectivity index (χ1v) is 5.17. The van der Waals surface area contributed by atoms with Gasteiger partial charge in [-0.25, -0.2) is 0 Å². The minimum Gasteiger partial charge on any atom is -0.507 e. The zero-order chi connectivity index (χ0) is 11.1. The van der Waals surface area contributed by atoms with Crippen LogP contribution >= 0.6 is 0 Å². The van der Waals surface area contributed by atoms with Gasteiger partial charge in [0.1, 0.15) is 5.75 Å². The van der Waals surface area contributed by atoms with Crippen molar-refractivity contribution in [1.82, 2.24) is 5.32 Å². The molecule has 2 N–H and O–H groups in total. The number of hydrogen-bond acceptors (Lipinski definition) is 2. The number of rotatable bonds is 5. The molecular weight excluding hydrogens is 186 g/mol. The average molecular weight is 203 g/mol. The Kier molecular flexibility index (Phi) is 4.73. The molecule has 80 valence electrons. The van der Waals surface area contributed by atoms with E-state index >= 15 is 0 Å². The molecule has 0 aliphatic carbocycles. The third kappa shape index (κ3) is 3.65. The van der Waals surface area contributed by atoms with E-state index in [0.717, 1.165) is 30.5 Å². The van der Waals surface area contributed by atoms with Crippen LogP contribution in [0.25, 0.3) is 0 Å². The van der Waals surface area contributed by atoms with Gasteiger partial charge in [0, 0.05) is 18.5 Å². The molecule has 1 aromatic carbocycles. The SMILES string of the molecule is C#CCCCNCc1cccc(C)c1O. The summed E-state index contributed by atoms with van der Waals surface area (Å²) < 4.78 is 0. The first-order valence-electron chi connectivity index (χ1n) is 5.17. The fourth-order valence-corrected chi connectivity index (χ4v) is 1.40. The molecule has 0 atom stereocenters. The molecule has 0 radical (unpaired) electrons. The Morgan fingerprint density at radius 2 is 2.27 bits per heavy atom. The van der Waals surface area contributed by atoms with Crippen molar-refractivity contribution in [2.45, 2.75) is 26.3 Å². The molecule has 0 aliphatic rings. The summed E-state index contributed by atoms with van der Waals surface area (Å²) in [6.07, 6.45) is 6.92. The Labute approximate surface area is 91.3 Å². The minimum atomic E-state index is 0.391. The molecule has 0 bridgehead atoms. The highest BCUT2D eigenvalue weighted by molar-refractivity contribution is 5.39. The molecule has 0 spiro atoms. The van der Waals surface area contributed by atoms with E-state index in [-0.39, 0.29) is 0 Å². The number of nitrogens with one attached hydrogen (secondary N) is 1. The number of aryl methyl sites for hydroxylation is 1. The van der Waals surface area contributed by atoms with Crippen LogP contribution in [0, 0.1) is 19.3 Å². The predicted octanol–water partition coefficient (Wildman–Crippen LogP) is 2.20. The molecule has 2 nitrogen and oxygen atoms in total. The van der Waals surface area contributed by atoms with E-state index in [9.17, 15) is 5.11 Å². The van der Waals surface area contributed by atoms with Crippen LogP contribution in [0.3, 0.4) is 0 Å². The van der Waals surface area contributed by atoms with Gasteiger partial charge in [0.05, 0.1) is 0 Å². The third-order valence-corrected chi connectivity index (χ3v) is 2.31. The van der Waals surface area contributed by atoms with Gasteiger partial charge in [-0.05, 0) is 25.5 Å². The molecule has 0 fully saturated rings. The number of aromatic hydroxyl groups is 1. The molecule has 0 saturated heterocycles. The van der Waals surface area contributed by atoms with Crippen LogP contribution in [-0.2, 0) is 6.54 Å². The Morgan fingerprint density at radius 3 is 3.00 bits per heavy atom. The minimum absolute atomic E-state index is 0.391. The number of terminal acetylenes is 1. The molecule has 0 aromatic heterocycles. The number of para-hydroxylation sites is 1. The van der Waals surface area contributed by atoms with E-state index in [1.807, 2.05) is 25.1 Å². The summed E-state index contributed by atoms with van der Waals surface area (Å²) in [5.41, 5.74) is 1.86. The number of phenolic OH excluding ortho intramolecular Hbond substituents is 1. The largest absolute Gasteiger partial charge is 0.507 e.